The number of ether oxygens (including phenoxy) is 1. The second kappa shape index (κ2) is 8.72. The number of aromatic nitrogens is 1. The van der Waals surface area contributed by atoms with E-state index in [-0.39, 0.29) is 17.7 Å². The summed E-state index contributed by atoms with van der Waals surface area (Å²) in [6.07, 6.45) is 2.75. The van der Waals surface area contributed by atoms with Crippen molar-refractivity contribution in [3.63, 3.8) is 0 Å². The van der Waals surface area contributed by atoms with Gasteiger partial charge in [0, 0.05) is 43.2 Å². The summed E-state index contributed by atoms with van der Waals surface area (Å²) in [6, 6.07) is 15.7. The summed E-state index contributed by atoms with van der Waals surface area (Å²) in [5, 5.41) is 4.40. The molecule has 0 radical (unpaired) electrons. The van der Waals surface area contributed by atoms with Crippen LogP contribution in [-0.2, 0) is 10.1 Å². The van der Waals surface area contributed by atoms with Gasteiger partial charge in [0.1, 0.15) is 11.3 Å². The number of nitrogens with one attached hydrogen (secondary N) is 1. The number of hydrogen-bond acceptors (Lipinski definition) is 7. The molecule has 1 aliphatic rings. The lowest BCUT2D eigenvalue weighted by Crippen LogP contribution is -2.53. The number of piperazine rings is 1. The van der Waals surface area contributed by atoms with E-state index in [1.54, 1.807) is 25.4 Å². The first kappa shape index (κ1) is 21.4. The zero-order chi connectivity index (χ0) is 22.0. The molecule has 31 heavy (non-hydrogen) atoms. The maximum Gasteiger partial charge on any atom is 0.306 e. The van der Waals surface area contributed by atoms with Gasteiger partial charge in [0.05, 0.1) is 19.1 Å². The molecule has 1 N–H and O–H groups in total. The lowest BCUT2D eigenvalue weighted by atomic mass is 9.88. The van der Waals surface area contributed by atoms with Gasteiger partial charge in [0.25, 0.3) is 0 Å². The summed E-state index contributed by atoms with van der Waals surface area (Å²) < 4.78 is 34.2. The highest BCUT2D eigenvalue weighted by molar-refractivity contribution is 7.86. The van der Waals surface area contributed by atoms with Crippen LogP contribution in [0.1, 0.15) is 18.4 Å². The number of anilines is 1. The first-order chi connectivity index (χ1) is 14.9. The summed E-state index contributed by atoms with van der Waals surface area (Å²) in [6.45, 7) is 4.77. The van der Waals surface area contributed by atoms with Crippen molar-refractivity contribution in [2.45, 2.75) is 18.9 Å². The zero-order valence-electron chi connectivity index (χ0n) is 17.9. The maximum atomic E-state index is 11.7. The largest absolute Gasteiger partial charge is 0.495 e. The molecule has 3 aromatic rings. The van der Waals surface area contributed by atoms with Crippen LogP contribution in [0.25, 0.3) is 10.9 Å². The zero-order valence-corrected chi connectivity index (χ0v) is 18.7. The topological polar surface area (TPSA) is 80.8 Å². The fourth-order valence-corrected chi connectivity index (χ4v) is 4.80. The molecule has 8 heteroatoms. The van der Waals surface area contributed by atoms with Crippen LogP contribution >= 0.6 is 0 Å². The molecule has 2 heterocycles. The van der Waals surface area contributed by atoms with Gasteiger partial charge in [-0.1, -0.05) is 31.2 Å². The molecule has 1 saturated heterocycles. The average Bonchev–Trinajstić information content (AvgIpc) is 2.77. The standard InChI is InChI=1S/C23H27N3O4S/c1-16(20-15-24-13-14-26(20)19-8-4-5-9-21(19)29-2)17-11-12-25-23-18(17)7-6-10-22(23)30-31(3,27)28/h4-12,16,20,24H,13-15H2,1-3H3. The minimum atomic E-state index is -3.65. The van der Waals surface area contributed by atoms with E-state index < -0.39 is 10.1 Å². The maximum absolute atomic E-state index is 11.7. The molecule has 1 fully saturated rings. The van der Waals surface area contributed by atoms with Gasteiger partial charge in [-0.3, -0.25) is 4.98 Å². The van der Waals surface area contributed by atoms with Gasteiger partial charge < -0.3 is 19.1 Å². The van der Waals surface area contributed by atoms with Crippen molar-refractivity contribution in [2.75, 3.05) is 37.9 Å². The fraction of sp³-hybridized carbons (Fsp3) is 0.348. The molecule has 0 bridgehead atoms. The van der Waals surface area contributed by atoms with Crippen molar-refractivity contribution in [1.29, 1.82) is 0 Å². The summed E-state index contributed by atoms with van der Waals surface area (Å²) in [7, 11) is -1.95. The Hall–Kier alpha value is -2.84. The van der Waals surface area contributed by atoms with Crippen LogP contribution in [0.2, 0.25) is 0 Å². The molecule has 2 unspecified atom stereocenters. The van der Waals surface area contributed by atoms with Gasteiger partial charge in [-0.05, 0) is 29.8 Å². The van der Waals surface area contributed by atoms with Crippen LogP contribution in [-0.4, -0.2) is 52.4 Å². The molecule has 4 rings (SSSR count). The number of fused-ring (bicyclic) bond motifs is 1. The van der Waals surface area contributed by atoms with E-state index in [2.05, 4.69) is 28.2 Å². The quantitative estimate of drug-likeness (QED) is 0.589. The SMILES string of the molecule is COc1ccccc1N1CCNCC1C(C)c1ccnc2c(OS(C)(=O)=O)cccc12. The smallest absolute Gasteiger partial charge is 0.306 e. The van der Waals surface area contributed by atoms with Crippen LogP contribution in [0.5, 0.6) is 11.5 Å². The molecule has 164 valence electrons. The van der Waals surface area contributed by atoms with Gasteiger partial charge in [0.15, 0.2) is 5.75 Å². The van der Waals surface area contributed by atoms with Crippen molar-refractivity contribution >= 4 is 26.7 Å². The lowest BCUT2D eigenvalue weighted by molar-refractivity contribution is 0.398. The predicted molar refractivity (Wildman–Crippen MR) is 123 cm³/mol. The normalized spacial score (nSPS) is 18.0. The number of para-hydroxylation sites is 3. The van der Waals surface area contributed by atoms with Crippen molar-refractivity contribution in [2.24, 2.45) is 0 Å². The van der Waals surface area contributed by atoms with E-state index in [1.807, 2.05) is 30.3 Å². The second-order valence-electron chi connectivity index (χ2n) is 7.77. The third kappa shape index (κ3) is 4.45. The molecule has 0 spiro atoms. The van der Waals surface area contributed by atoms with Crippen molar-refractivity contribution < 1.29 is 17.3 Å². The van der Waals surface area contributed by atoms with E-state index in [0.29, 0.717) is 5.52 Å². The first-order valence-corrected chi connectivity index (χ1v) is 12.1. The molecule has 0 saturated carbocycles. The van der Waals surface area contributed by atoms with E-state index >= 15 is 0 Å². The van der Waals surface area contributed by atoms with Crippen molar-refractivity contribution in [1.82, 2.24) is 10.3 Å². The van der Waals surface area contributed by atoms with Crippen LogP contribution in [0, 0.1) is 0 Å². The Labute approximate surface area is 183 Å². The number of hydrogen-bond donors (Lipinski definition) is 1. The third-order valence-corrected chi connectivity index (χ3v) is 6.24. The van der Waals surface area contributed by atoms with Crippen LogP contribution in [0.4, 0.5) is 5.69 Å². The Bertz CT molecular complexity index is 1180. The Balaban J connectivity index is 1.76. The van der Waals surface area contributed by atoms with E-state index in [4.69, 9.17) is 8.92 Å². The summed E-state index contributed by atoms with van der Waals surface area (Å²) in [5.41, 5.74) is 2.71. The minimum absolute atomic E-state index is 0.136. The Morgan fingerprint density at radius 3 is 2.68 bits per heavy atom. The summed E-state index contributed by atoms with van der Waals surface area (Å²) >= 11 is 0. The third-order valence-electron chi connectivity index (χ3n) is 5.75. The molecule has 1 aliphatic heterocycles. The highest BCUT2D eigenvalue weighted by Gasteiger charge is 2.31. The highest BCUT2D eigenvalue weighted by atomic mass is 32.2. The molecule has 0 amide bonds. The van der Waals surface area contributed by atoms with Gasteiger partial charge in [-0.2, -0.15) is 8.42 Å². The lowest BCUT2D eigenvalue weighted by Gasteiger charge is -2.42. The molecule has 7 nitrogen and oxygen atoms in total. The molecular formula is C23H27N3O4S. The number of rotatable bonds is 6. The molecule has 0 aliphatic carbocycles. The van der Waals surface area contributed by atoms with Crippen LogP contribution < -0.4 is 19.1 Å². The van der Waals surface area contributed by atoms with E-state index in [9.17, 15) is 8.42 Å². The fourth-order valence-electron chi connectivity index (χ4n) is 4.34. The Morgan fingerprint density at radius 1 is 1.13 bits per heavy atom. The van der Waals surface area contributed by atoms with Crippen LogP contribution in [0.3, 0.4) is 0 Å². The van der Waals surface area contributed by atoms with Gasteiger partial charge >= 0.3 is 10.1 Å². The monoisotopic (exact) mass is 441 g/mol. The molecular weight excluding hydrogens is 414 g/mol. The van der Waals surface area contributed by atoms with Gasteiger partial charge in [0.2, 0.25) is 0 Å². The number of nitrogens with zero attached hydrogens (tertiary/aromatic N) is 2. The highest BCUT2D eigenvalue weighted by Crippen LogP contribution is 2.37. The van der Waals surface area contributed by atoms with Crippen molar-refractivity contribution in [3.05, 3.63) is 60.3 Å². The Kier molecular flexibility index (Phi) is 6.02. The van der Waals surface area contributed by atoms with Crippen LogP contribution in [0.15, 0.2) is 54.7 Å². The summed E-state index contributed by atoms with van der Waals surface area (Å²) in [5.74, 6) is 1.24. The summed E-state index contributed by atoms with van der Waals surface area (Å²) in [4.78, 5) is 6.81. The van der Waals surface area contributed by atoms with Gasteiger partial charge in [-0.15, -0.1) is 0 Å². The average molecular weight is 442 g/mol. The number of methoxy groups -OCH3 is 1. The van der Waals surface area contributed by atoms with Crippen molar-refractivity contribution in [3.8, 4) is 11.5 Å². The van der Waals surface area contributed by atoms with Gasteiger partial charge in [-0.25, -0.2) is 0 Å². The molecule has 2 atom stereocenters. The first-order valence-electron chi connectivity index (χ1n) is 10.3. The minimum Gasteiger partial charge on any atom is -0.495 e. The number of pyridine rings is 1. The van der Waals surface area contributed by atoms with E-state index in [0.717, 1.165) is 48.3 Å². The molecule has 1 aromatic heterocycles. The molecule has 2 aromatic carbocycles. The number of benzene rings is 2. The second-order valence-corrected chi connectivity index (χ2v) is 9.34. The predicted octanol–water partition coefficient (Wildman–Crippen LogP) is 3.16. The van der Waals surface area contributed by atoms with E-state index in [1.165, 1.54) is 0 Å². The Morgan fingerprint density at radius 2 is 1.90 bits per heavy atom.